The summed E-state index contributed by atoms with van der Waals surface area (Å²) in [6.45, 7) is 10.6. The minimum Gasteiger partial charge on any atom is -0.497 e. The second-order valence-electron chi connectivity index (χ2n) is 9.64. The van der Waals surface area contributed by atoms with Crippen molar-refractivity contribution >= 4 is 17.3 Å². The third-order valence-corrected chi connectivity index (χ3v) is 5.90. The molecule has 0 unspecified atom stereocenters. The van der Waals surface area contributed by atoms with E-state index in [0.29, 0.717) is 6.04 Å². The number of hydrogen-bond donors (Lipinski definition) is 2. The van der Waals surface area contributed by atoms with E-state index >= 15 is 0 Å². The monoisotopic (exact) mass is 425 g/mol. The zero-order valence-electron chi connectivity index (χ0n) is 18.9. The SMILES string of the molecule is COc1cccc(CN(Cc2ccccc2)C(=S)NC2CC(C)(C)NC(C)(C)C2)c1. The summed E-state index contributed by atoms with van der Waals surface area (Å²) < 4.78 is 5.41. The minimum absolute atomic E-state index is 0.0755. The Kier molecular flexibility index (Phi) is 7.04. The average molecular weight is 426 g/mol. The van der Waals surface area contributed by atoms with E-state index in [-0.39, 0.29) is 11.1 Å². The molecule has 0 radical (unpaired) electrons. The molecule has 2 N–H and O–H groups in total. The Labute approximate surface area is 187 Å². The summed E-state index contributed by atoms with van der Waals surface area (Å²) in [6.07, 6.45) is 2.07. The highest BCUT2D eigenvalue weighted by Crippen LogP contribution is 2.29. The molecule has 0 aromatic heterocycles. The van der Waals surface area contributed by atoms with Crippen LogP contribution in [-0.2, 0) is 13.1 Å². The molecule has 0 bridgehead atoms. The lowest BCUT2D eigenvalue weighted by molar-refractivity contribution is 0.153. The van der Waals surface area contributed by atoms with Crippen molar-refractivity contribution in [2.24, 2.45) is 0 Å². The molecule has 162 valence electrons. The van der Waals surface area contributed by atoms with Crippen molar-refractivity contribution in [2.75, 3.05) is 7.11 Å². The Hall–Kier alpha value is -2.11. The zero-order valence-corrected chi connectivity index (χ0v) is 19.7. The largest absolute Gasteiger partial charge is 0.497 e. The molecular formula is C25H35N3OS. The first kappa shape index (κ1) is 22.6. The van der Waals surface area contributed by atoms with Gasteiger partial charge in [-0.15, -0.1) is 0 Å². The molecule has 1 fully saturated rings. The molecule has 0 amide bonds. The second kappa shape index (κ2) is 9.36. The number of thiocarbonyl (C=S) groups is 1. The van der Waals surface area contributed by atoms with E-state index in [1.807, 2.05) is 18.2 Å². The van der Waals surface area contributed by atoms with Gasteiger partial charge in [0.25, 0.3) is 0 Å². The third-order valence-electron chi connectivity index (χ3n) is 5.53. The lowest BCUT2D eigenvalue weighted by Gasteiger charge is -2.47. The molecule has 30 heavy (non-hydrogen) atoms. The van der Waals surface area contributed by atoms with Crippen LogP contribution in [0, 0.1) is 0 Å². The lowest BCUT2D eigenvalue weighted by Crippen LogP contribution is -2.62. The van der Waals surface area contributed by atoms with Crippen molar-refractivity contribution in [3.05, 3.63) is 65.7 Å². The van der Waals surface area contributed by atoms with Crippen LogP contribution < -0.4 is 15.4 Å². The van der Waals surface area contributed by atoms with E-state index in [1.54, 1.807) is 7.11 Å². The van der Waals surface area contributed by atoms with E-state index in [2.05, 4.69) is 79.6 Å². The fourth-order valence-electron chi connectivity index (χ4n) is 4.68. The summed E-state index contributed by atoms with van der Waals surface area (Å²) in [7, 11) is 1.70. The summed E-state index contributed by atoms with van der Waals surface area (Å²) >= 11 is 5.93. The van der Waals surface area contributed by atoms with Gasteiger partial charge in [0.15, 0.2) is 5.11 Å². The second-order valence-corrected chi connectivity index (χ2v) is 10.0. The molecule has 2 aromatic carbocycles. The van der Waals surface area contributed by atoms with Gasteiger partial charge < -0.3 is 20.3 Å². The molecule has 0 aliphatic carbocycles. The fourth-order valence-corrected chi connectivity index (χ4v) is 4.98. The van der Waals surface area contributed by atoms with Gasteiger partial charge in [-0.2, -0.15) is 0 Å². The Bertz CT molecular complexity index is 834. The number of piperidine rings is 1. The first-order valence-corrected chi connectivity index (χ1v) is 11.1. The van der Waals surface area contributed by atoms with Crippen molar-refractivity contribution in [3.63, 3.8) is 0 Å². The summed E-state index contributed by atoms with van der Waals surface area (Å²) in [5, 5.41) is 8.24. The van der Waals surface area contributed by atoms with Gasteiger partial charge in [-0.1, -0.05) is 42.5 Å². The van der Waals surface area contributed by atoms with Crippen LogP contribution in [0.2, 0.25) is 0 Å². The van der Waals surface area contributed by atoms with Crippen LogP contribution in [0.5, 0.6) is 5.75 Å². The molecule has 1 aliphatic heterocycles. The molecule has 1 heterocycles. The standard InChI is InChI=1S/C25H35N3OS/c1-24(2)15-21(16-25(3,4)27-24)26-23(30)28(17-19-10-7-6-8-11-19)18-20-12-9-13-22(14-20)29-5/h6-14,21,27H,15-18H2,1-5H3,(H,26,30). The maximum atomic E-state index is 5.93. The first-order chi connectivity index (χ1) is 14.2. The Balaban J connectivity index is 1.77. The van der Waals surface area contributed by atoms with Gasteiger partial charge in [-0.3, -0.25) is 0 Å². The zero-order chi connectivity index (χ0) is 21.8. The Morgan fingerprint density at radius 2 is 1.60 bits per heavy atom. The van der Waals surface area contributed by atoms with E-state index < -0.39 is 0 Å². The van der Waals surface area contributed by atoms with Crippen molar-refractivity contribution < 1.29 is 4.74 Å². The maximum Gasteiger partial charge on any atom is 0.169 e. The maximum absolute atomic E-state index is 5.93. The highest BCUT2D eigenvalue weighted by molar-refractivity contribution is 7.80. The minimum atomic E-state index is 0.0755. The van der Waals surface area contributed by atoms with Crippen molar-refractivity contribution in [1.29, 1.82) is 0 Å². The van der Waals surface area contributed by atoms with Gasteiger partial charge in [0, 0.05) is 30.2 Å². The van der Waals surface area contributed by atoms with Gasteiger partial charge >= 0.3 is 0 Å². The van der Waals surface area contributed by atoms with Crippen LogP contribution in [0.1, 0.15) is 51.7 Å². The number of hydrogen-bond acceptors (Lipinski definition) is 3. The summed E-state index contributed by atoms with van der Waals surface area (Å²) in [6, 6.07) is 19.1. The predicted molar refractivity (Wildman–Crippen MR) is 129 cm³/mol. The van der Waals surface area contributed by atoms with Crippen LogP contribution in [0.3, 0.4) is 0 Å². The highest BCUT2D eigenvalue weighted by Gasteiger charge is 2.38. The quantitative estimate of drug-likeness (QED) is 0.645. The van der Waals surface area contributed by atoms with Crippen LogP contribution in [-0.4, -0.2) is 34.2 Å². The van der Waals surface area contributed by atoms with Crippen LogP contribution in [0.4, 0.5) is 0 Å². The van der Waals surface area contributed by atoms with Gasteiger partial charge in [0.05, 0.1) is 7.11 Å². The van der Waals surface area contributed by atoms with Gasteiger partial charge in [-0.05, 0) is 76.0 Å². The van der Waals surface area contributed by atoms with E-state index in [1.165, 1.54) is 11.1 Å². The lowest BCUT2D eigenvalue weighted by atomic mass is 9.80. The summed E-state index contributed by atoms with van der Waals surface area (Å²) in [5.41, 5.74) is 2.58. The predicted octanol–water partition coefficient (Wildman–Crippen LogP) is 4.88. The number of ether oxygens (including phenoxy) is 1. The Morgan fingerprint density at radius 1 is 1.00 bits per heavy atom. The molecule has 3 rings (SSSR count). The fraction of sp³-hybridized carbons (Fsp3) is 0.480. The molecule has 1 aliphatic rings. The normalized spacial score (nSPS) is 17.9. The molecule has 5 heteroatoms. The van der Waals surface area contributed by atoms with Crippen molar-refractivity contribution in [2.45, 2.75) is 70.7 Å². The van der Waals surface area contributed by atoms with Crippen molar-refractivity contribution in [3.8, 4) is 5.75 Å². The number of nitrogens with zero attached hydrogens (tertiary/aromatic N) is 1. The summed E-state index contributed by atoms with van der Waals surface area (Å²) in [5.74, 6) is 0.868. The van der Waals surface area contributed by atoms with E-state index in [0.717, 1.165) is 36.8 Å². The molecular weight excluding hydrogens is 390 g/mol. The molecule has 0 atom stereocenters. The van der Waals surface area contributed by atoms with Crippen LogP contribution in [0.15, 0.2) is 54.6 Å². The highest BCUT2D eigenvalue weighted by atomic mass is 32.1. The third kappa shape index (κ3) is 6.44. The van der Waals surface area contributed by atoms with Crippen LogP contribution in [0.25, 0.3) is 0 Å². The van der Waals surface area contributed by atoms with Gasteiger partial charge in [0.1, 0.15) is 5.75 Å². The van der Waals surface area contributed by atoms with Crippen molar-refractivity contribution in [1.82, 2.24) is 15.5 Å². The van der Waals surface area contributed by atoms with Gasteiger partial charge in [-0.25, -0.2) is 0 Å². The van der Waals surface area contributed by atoms with E-state index in [9.17, 15) is 0 Å². The first-order valence-electron chi connectivity index (χ1n) is 10.7. The molecule has 0 spiro atoms. The average Bonchev–Trinajstić information content (AvgIpc) is 2.66. The van der Waals surface area contributed by atoms with Crippen LogP contribution >= 0.6 is 12.2 Å². The smallest absolute Gasteiger partial charge is 0.169 e. The summed E-state index contributed by atoms with van der Waals surface area (Å²) in [4.78, 5) is 2.25. The molecule has 1 saturated heterocycles. The van der Waals surface area contributed by atoms with E-state index in [4.69, 9.17) is 17.0 Å². The molecule has 2 aromatic rings. The topological polar surface area (TPSA) is 36.5 Å². The number of benzene rings is 2. The Morgan fingerprint density at radius 3 is 2.23 bits per heavy atom. The molecule has 4 nitrogen and oxygen atoms in total. The van der Waals surface area contributed by atoms with Gasteiger partial charge in [0.2, 0.25) is 0 Å². The number of rotatable bonds is 6. The molecule has 0 saturated carbocycles. The number of methoxy groups -OCH3 is 1. The number of nitrogens with one attached hydrogen (secondary N) is 2.